The zero-order chi connectivity index (χ0) is 21.3. The lowest BCUT2D eigenvalue weighted by Crippen LogP contribution is -2.37. The third-order valence-corrected chi connectivity index (χ3v) is 4.79. The first-order valence-electron chi connectivity index (χ1n) is 10.2. The molecule has 30 heavy (non-hydrogen) atoms. The van der Waals surface area contributed by atoms with Crippen LogP contribution in [0.15, 0.2) is 53.7 Å². The number of anilines is 1. The van der Waals surface area contributed by atoms with Crippen LogP contribution in [0.5, 0.6) is 0 Å². The topological polar surface area (TPSA) is 81.3 Å². The van der Waals surface area contributed by atoms with Gasteiger partial charge in [0.25, 0.3) is 0 Å². The number of guanidine groups is 1. The normalized spacial score (nSPS) is 11.5. The fourth-order valence-corrected chi connectivity index (χ4v) is 3.29. The minimum atomic E-state index is -0.234. The number of aromatic amines is 1. The number of hydrogen-bond acceptors (Lipinski definition) is 2. The number of H-pyrrole nitrogens is 1. The number of fused-ring (bicyclic) bond motifs is 1. The molecule has 0 aliphatic carbocycles. The summed E-state index contributed by atoms with van der Waals surface area (Å²) in [5, 5.41) is 10.4. The zero-order valence-corrected chi connectivity index (χ0v) is 17.4. The summed E-state index contributed by atoms with van der Waals surface area (Å²) in [6, 6.07) is 12.5. The number of carbonyl (C=O) groups is 1. The lowest BCUT2D eigenvalue weighted by Gasteiger charge is -2.13. The molecule has 1 heterocycles. The Hall–Kier alpha value is -3.35. The molecule has 0 atom stereocenters. The molecule has 0 aliphatic rings. The number of amides is 1. The van der Waals surface area contributed by atoms with E-state index < -0.39 is 0 Å². The summed E-state index contributed by atoms with van der Waals surface area (Å²) in [7, 11) is 1.72. The van der Waals surface area contributed by atoms with Crippen molar-refractivity contribution in [2.75, 3.05) is 18.9 Å². The highest BCUT2D eigenvalue weighted by molar-refractivity contribution is 5.90. The van der Waals surface area contributed by atoms with Crippen LogP contribution in [0.25, 0.3) is 10.9 Å². The maximum atomic E-state index is 13.5. The first kappa shape index (κ1) is 21.4. The quantitative estimate of drug-likeness (QED) is 0.336. The highest BCUT2D eigenvalue weighted by atomic mass is 19.1. The predicted molar refractivity (Wildman–Crippen MR) is 120 cm³/mol. The first-order chi connectivity index (χ1) is 14.6. The van der Waals surface area contributed by atoms with Gasteiger partial charge in [-0.3, -0.25) is 9.79 Å². The van der Waals surface area contributed by atoms with Crippen molar-refractivity contribution < 1.29 is 9.18 Å². The molecule has 0 radical (unpaired) electrons. The molecule has 0 saturated heterocycles. The second-order valence-corrected chi connectivity index (χ2v) is 7.10. The molecule has 0 saturated carbocycles. The van der Waals surface area contributed by atoms with Crippen LogP contribution in [0.1, 0.15) is 30.9 Å². The van der Waals surface area contributed by atoms with Crippen molar-refractivity contribution in [2.24, 2.45) is 4.99 Å². The largest absolute Gasteiger partial charge is 0.361 e. The van der Waals surface area contributed by atoms with Gasteiger partial charge in [-0.05, 0) is 54.3 Å². The highest BCUT2D eigenvalue weighted by Crippen LogP contribution is 2.19. The third kappa shape index (κ3) is 5.83. The Morgan fingerprint density at radius 1 is 1.17 bits per heavy atom. The van der Waals surface area contributed by atoms with E-state index in [2.05, 4.69) is 25.9 Å². The van der Waals surface area contributed by atoms with Gasteiger partial charge in [0.15, 0.2) is 5.96 Å². The van der Waals surface area contributed by atoms with E-state index in [1.54, 1.807) is 19.2 Å². The molecule has 4 N–H and O–H groups in total. The van der Waals surface area contributed by atoms with Gasteiger partial charge in [-0.15, -0.1) is 0 Å². The third-order valence-electron chi connectivity index (χ3n) is 4.79. The van der Waals surface area contributed by atoms with Gasteiger partial charge in [0.2, 0.25) is 5.91 Å². The molecule has 3 aromatic rings. The van der Waals surface area contributed by atoms with E-state index in [0.29, 0.717) is 25.5 Å². The summed E-state index contributed by atoms with van der Waals surface area (Å²) < 4.78 is 13.5. The van der Waals surface area contributed by atoms with Gasteiger partial charge in [-0.1, -0.05) is 19.1 Å². The second-order valence-electron chi connectivity index (χ2n) is 7.10. The maximum Gasteiger partial charge on any atom is 0.224 e. The Kier molecular flexibility index (Phi) is 7.43. The molecule has 0 fully saturated rings. The number of hydrogen-bond donors (Lipinski definition) is 4. The van der Waals surface area contributed by atoms with Crippen molar-refractivity contribution in [3.05, 3.63) is 65.6 Å². The standard InChI is InChI=1S/C23H28FN5O/c1-3-5-22(30)29-19-7-4-6-16(12-19)14-28-23(25-2)26-11-10-17-15-27-21-9-8-18(24)13-20(17)21/h4,6-9,12-13,15,27H,3,5,10-11,14H2,1-2H3,(H,29,30)(H2,25,26,28). The lowest BCUT2D eigenvalue weighted by molar-refractivity contribution is -0.116. The second kappa shape index (κ2) is 10.4. The zero-order valence-electron chi connectivity index (χ0n) is 17.4. The summed E-state index contributed by atoms with van der Waals surface area (Å²) >= 11 is 0. The Bertz CT molecular complexity index is 1030. The summed E-state index contributed by atoms with van der Waals surface area (Å²) in [5.41, 5.74) is 3.82. The van der Waals surface area contributed by atoms with Gasteiger partial charge < -0.3 is 20.9 Å². The van der Waals surface area contributed by atoms with E-state index in [0.717, 1.165) is 40.6 Å². The van der Waals surface area contributed by atoms with E-state index in [-0.39, 0.29) is 11.7 Å². The number of benzene rings is 2. The van der Waals surface area contributed by atoms with Crippen LogP contribution >= 0.6 is 0 Å². The average Bonchev–Trinajstić information content (AvgIpc) is 3.13. The lowest BCUT2D eigenvalue weighted by atomic mass is 10.1. The molecule has 0 bridgehead atoms. The van der Waals surface area contributed by atoms with Gasteiger partial charge in [-0.2, -0.15) is 0 Å². The van der Waals surface area contributed by atoms with E-state index >= 15 is 0 Å². The van der Waals surface area contributed by atoms with Crippen molar-refractivity contribution in [3.63, 3.8) is 0 Å². The highest BCUT2D eigenvalue weighted by Gasteiger charge is 2.06. The number of aromatic nitrogens is 1. The van der Waals surface area contributed by atoms with Crippen molar-refractivity contribution in [3.8, 4) is 0 Å². The van der Waals surface area contributed by atoms with Crippen LogP contribution in [0, 0.1) is 5.82 Å². The average molecular weight is 410 g/mol. The Morgan fingerprint density at radius 2 is 2.03 bits per heavy atom. The van der Waals surface area contributed by atoms with Crippen molar-refractivity contribution >= 4 is 28.5 Å². The van der Waals surface area contributed by atoms with Gasteiger partial charge in [0.1, 0.15) is 5.82 Å². The number of aliphatic imine (C=N–C) groups is 1. The monoisotopic (exact) mass is 409 g/mol. The minimum absolute atomic E-state index is 0.0252. The summed E-state index contributed by atoms with van der Waals surface area (Å²) in [4.78, 5) is 19.2. The Labute approximate surface area is 176 Å². The van der Waals surface area contributed by atoms with Crippen molar-refractivity contribution in [2.45, 2.75) is 32.7 Å². The number of nitrogens with one attached hydrogen (secondary N) is 4. The molecule has 0 unspecified atom stereocenters. The molecule has 0 spiro atoms. The molecule has 7 heteroatoms. The summed E-state index contributed by atoms with van der Waals surface area (Å²) in [5.74, 6) is 0.473. The van der Waals surface area contributed by atoms with Crippen molar-refractivity contribution in [1.82, 2.24) is 15.6 Å². The molecular weight excluding hydrogens is 381 g/mol. The molecule has 6 nitrogen and oxygen atoms in total. The van der Waals surface area contributed by atoms with Crippen LogP contribution in [0.3, 0.4) is 0 Å². The van der Waals surface area contributed by atoms with Crippen LogP contribution in [-0.2, 0) is 17.8 Å². The fourth-order valence-electron chi connectivity index (χ4n) is 3.29. The molecule has 1 amide bonds. The molecule has 0 aliphatic heterocycles. The number of rotatable bonds is 8. The molecule has 3 rings (SSSR count). The van der Waals surface area contributed by atoms with Crippen LogP contribution in [-0.4, -0.2) is 30.4 Å². The van der Waals surface area contributed by atoms with E-state index in [9.17, 15) is 9.18 Å². The van der Waals surface area contributed by atoms with Crippen LogP contribution in [0.2, 0.25) is 0 Å². The van der Waals surface area contributed by atoms with Gasteiger partial charge in [0.05, 0.1) is 0 Å². The van der Waals surface area contributed by atoms with Crippen molar-refractivity contribution in [1.29, 1.82) is 0 Å². The summed E-state index contributed by atoms with van der Waals surface area (Å²) in [6.45, 7) is 3.22. The summed E-state index contributed by atoms with van der Waals surface area (Å²) in [6.07, 6.45) is 3.99. The van der Waals surface area contributed by atoms with Gasteiger partial charge in [-0.25, -0.2) is 4.39 Å². The van der Waals surface area contributed by atoms with E-state index in [1.165, 1.54) is 6.07 Å². The minimum Gasteiger partial charge on any atom is -0.361 e. The molecular formula is C23H28FN5O. The van der Waals surface area contributed by atoms with Gasteiger partial charge >= 0.3 is 0 Å². The van der Waals surface area contributed by atoms with Crippen LogP contribution in [0.4, 0.5) is 10.1 Å². The number of carbonyl (C=O) groups excluding carboxylic acids is 1. The van der Waals surface area contributed by atoms with Gasteiger partial charge in [0, 0.05) is 49.3 Å². The molecule has 1 aromatic heterocycles. The number of nitrogens with zero attached hydrogens (tertiary/aromatic N) is 1. The van der Waals surface area contributed by atoms with Crippen LogP contribution < -0.4 is 16.0 Å². The van der Waals surface area contributed by atoms with E-state index in [1.807, 2.05) is 37.4 Å². The Balaban J connectivity index is 1.50. The predicted octanol–water partition coefficient (Wildman–Crippen LogP) is 3.95. The molecule has 2 aromatic carbocycles. The SMILES string of the molecule is CCCC(=O)Nc1cccc(CNC(=NC)NCCc2c[nH]c3ccc(F)cc23)c1. The molecule has 158 valence electrons. The maximum absolute atomic E-state index is 13.5. The smallest absolute Gasteiger partial charge is 0.224 e. The fraction of sp³-hybridized carbons (Fsp3) is 0.304. The Morgan fingerprint density at radius 3 is 2.83 bits per heavy atom. The van der Waals surface area contributed by atoms with E-state index in [4.69, 9.17) is 0 Å². The number of halogens is 1. The first-order valence-corrected chi connectivity index (χ1v) is 10.2.